The molecule has 13 heavy (non-hydrogen) atoms. The molecule has 0 spiro atoms. The zero-order valence-corrected chi connectivity index (χ0v) is 10.7. The Kier molecular flexibility index (Phi) is 8.53. The van der Waals surface area contributed by atoms with Gasteiger partial charge >= 0.3 is 0 Å². The monoisotopic (exact) mass is 244 g/mol. The quantitative estimate of drug-likeness (QED) is 0.463. The molecule has 0 rings (SSSR count). The summed E-state index contributed by atoms with van der Waals surface area (Å²) in [5.74, 6) is 0. The molecular weight excluding hydrogens is 224 g/mol. The Balaban J connectivity index is 3.58. The Morgan fingerprint density at radius 1 is 1.15 bits per heavy atom. The van der Waals surface area contributed by atoms with Gasteiger partial charge < -0.3 is 0 Å². The van der Waals surface area contributed by atoms with Crippen LogP contribution in [0.5, 0.6) is 0 Å². The first-order chi connectivity index (χ1) is 6.20. The van der Waals surface area contributed by atoms with E-state index in [9.17, 15) is 0 Å². The highest BCUT2D eigenvalue weighted by Crippen LogP contribution is 2.10. The lowest BCUT2D eigenvalue weighted by Crippen LogP contribution is -1.81. The van der Waals surface area contributed by atoms with Gasteiger partial charge in [0.1, 0.15) is 0 Å². The zero-order valence-electron chi connectivity index (χ0n) is 9.07. The van der Waals surface area contributed by atoms with Gasteiger partial charge in [-0.15, -0.1) is 0 Å². The van der Waals surface area contributed by atoms with Crippen LogP contribution >= 0.6 is 15.9 Å². The van der Waals surface area contributed by atoms with E-state index in [1.807, 2.05) is 0 Å². The van der Waals surface area contributed by atoms with Crippen molar-refractivity contribution in [1.82, 2.24) is 0 Å². The van der Waals surface area contributed by atoms with E-state index in [4.69, 9.17) is 0 Å². The smallest absolute Gasteiger partial charge is 0.00343 e. The molecule has 0 aliphatic rings. The molecule has 0 aromatic heterocycles. The summed E-state index contributed by atoms with van der Waals surface area (Å²) in [6.07, 6.45) is 9.47. The van der Waals surface area contributed by atoms with Gasteiger partial charge in [-0.3, -0.25) is 0 Å². The molecule has 0 atom stereocenters. The Morgan fingerprint density at radius 2 is 1.85 bits per heavy atom. The Bertz CT molecular complexity index is 178. The summed E-state index contributed by atoms with van der Waals surface area (Å²) in [7, 11) is 0. The molecule has 0 aliphatic carbocycles. The Hall–Kier alpha value is -0.0400. The molecule has 76 valence electrons. The van der Waals surface area contributed by atoms with Crippen LogP contribution in [0.25, 0.3) is 0 Å². The fraction of sp³-hybridized carbons (Fsp3) is 0.667. The van der Waals surface area contributed by atoms with Gasteiger partial charge in [-0.05, 0) is 46.5 Å². The maximum Gasteiger partial charge on any atom is 0.00343 e. The molecule has 0 aromatic rings. The summed E-state index contributed by atoms with van der Waals surface area (Å²) >= 11 is 3.44. The fourth-order valence-corrected chi connectivity index (χ4v) is 1.42. The Labute approximate surface area is 91.2 Å². The van der Waals surface area contributed by atoms with Crippen LogP contribution in [0, 0.1) is 0 Å². The van der Waals surface area contributed by atoms with Crippen LogP contribution in [0.4, 0.5) is 0 Å². The third-order valence-electron chi connectivity index (χ3n) is 2.23. The third kappa shape index (κ3) is 8.29. The summed E-state index contributed by atoms with van der Waals surface area (Å²) in [5.41, 5.74) is 3.02. The van der Waals surface area contributed by atoms with Crippen LogP contribution in [0.2, 0.25) is 0 Å². The second kappa shape index (κ2) is 8.55. The number of hydrogen-bond donors (Lipinski definition) is 0. The van der Waals surface area contributed by atoms with Crippen molar-refractivity contribution in [2.24, 2.45) is 0 Å². The largest absolute Gasteiger partial charge is 0.0928 e. The van der Waals surface area contributed by atoms with Crippen molar-refractivity contribution >= 4 is 15.9 Å². The van der Waals surface area contributed by atoms with E-state index >= 15 is 0 Å². The second-order valence-electron chi connectivity index (χ2n) is 3.52. The second-order valence-corrected chi connectivity index (χ2v) is 4.31. The predicted octanol–water partition coefficient (Wildman–Crippen LogP) is 4.85. The van der Waals surface area contributed by atoms with Crippen molar-refractivity contribution in [3.05, 3.63) is 23.3 Å². The number of hydrogen-bond acceptors (Lipinski definition) is 0. The van der Waals surface area contributed by atoms with Crippen molar-refractivity contribution in [3.8, 4) is 0 Å². The molecule has 0 aliphatic heterocycles. The minimum atomic E-state index is 1.12. The number of rotatable bonds is 6. The molecule has 0 radical (unpaired) electrons. The molecule has 0 aromatic carbocycles. The molecule has 0 N–H and O–H groups in total. The van der Waals surface area contributed by atoms with Gasteiger partial charge in [-0.2, -0.15) is 0 Å². The van der Waals surface area contributed by atoms with Crippen LogP contribution in [0.3, 0.4) is 0 Å². The van der Waals surface area contributed by atoms with Gasteiger partial charge in [0.05, 0.1) is 0 Å². The first kappa shape index (κ1) is 13.0. The normalized spacial score (nSPS) is 13.5. The zero-order chi connectivity index (χ0) is 10.1. The van der Waals surface area contributed by atoms with E-state index in [2.05, 4.69) is 48.9 Å². The highest BCUT2D eigenvalue weighted by Gasteiger charge is 1.90. The summed E-state index contributed by atoms with van der Waals surface area (Å²) in [6, 6.07) is 0. The topological polar surface area (TPSA) is 0 Å². The summed E-state index contributed by atoms with van der Waals surface area (Å²) < 4.78 is 0. The minimum absolute atomic E-state index is 1.12. The molecule has 0 unspecified atom stereocenters. The summed E-state index contributed by atoms with van der Waals surface area (Å²) in [6.45, 7) is 6.53. The predicted molar refractivity (Wildman–Crippen MR) is 65.5 cm³/mol. The standard InChI is InChI=1S/C12H21Br/c1-4-11(2)7-5-8-12(3)9-6-10-13/h4,8H,5-7,9-10H2,1-3H3. The van der Waals surface area contributed by atoms with Gasteiger partial charge in [0.15, 0.2) is 0 Å². The van der Waals surface area contributed by atoms with Crippen LogP contribution < -0.4 is 0 Å². The van der Waals surface area contributed by atoms with Crippen molar-refractivity contribution < 1.29 is 0 Å². The third-order valence-corrected chi connectivity index (χ3v) is 2.79. The molecule has 0 fully saturated rings. The van der Waals surface area contributed by atoms with E-state index in [-0.39, 0.29) is 0 Å². The highest BCUT2D eigenvalue weighted by atomic mass is 79.9. The minimum Gasteiger partial charge on any atom is -0.0928 e. The van der Waals surface area contributed by atoms with Crippen molar-refractivity contribution in [3.63, 3.8) is 0 Å². The lowest BCUT2D eigenvalue weighted by molar-refractivity contribution is 0.892. The van der Waals surface area contributed by atoms with Crippen molar-refractivity contribution in [2.45, 2.75) is 46.5 Å². The number of allylic oxidation sites excluding steroid dienone is 4. The van der Waals surface area contributed by atoms with Crippen molar-refractivity contribution in [2.75, 3.05) is 5.33 Å². The number of halogens is 1. The van der Waals surface area contributed by atoms with E-state index in [1.165, 1.54) is 36.8 Å². The molecular formula is C12H21Br. The van der Waals surface area contributed by atoms with Gasteiger partial charge in [0, 0.05) is 5.33 Å². The average Bonchev–Trinajstić information content (AvgIpc) is 2.14. The lowest BCUT2D eigenvalue weighted by atomic mass is 10.1. The van der Waals surface area contributed by atoms with Crippen LogP contribution in [-0.2, 0) is 0 Å². The van der Waals surface area contributed by atoms with E-state index < -0.39 is 0 Å². The Morgan fingerprint density at radius 3 is 2.38 bits per heavy atom. The lowest BCUT2D eigenvalue weighted by Gasteiger charge is -2.00. The first-order valence-electron chi connectivity index (χ1n) is 5.04. The molecule has 0 nitrogen and oxygen atoms in total. The molecule has 1 heteroatoms. The van der Waals surface area contributed by atoms with Gasteiger partial charge in [0.2, 0.25) is 0 Å². The van der Waals surface area contributed by atoms with Gasteiger partial charge in [-0.25, -0.2) is 0 Å². The van der Waals surface area contributed by atoms with E-state index in [1.54, 1.807) is 0 Å². The summed E-state index contributed by atoms with van der Waals surface area (Å²) in [5, 5.41) is 1.12. The molecule has 0 amide bonds. The number of alkyl halides is 1. The molecule has 0 saturated heterocycles. The SMILES string of the molecule is CC=C(C)CCC=C(C)CCCBr. The molecule has 0 bridgehead atoms. The first-order valence-corrected chi connectivity index (χ1v) is 6.16. The van der Waals surface area contributed by atoms with E-state index in [0.717, 1.165) is 5.33 Å². The van der Waals surface area contributed by atoms with E-state index in [0.29, 0.717) is 0 Å². The van der Waals surface area contributed by atoms with Crippen LogP contribution in [0.15, 0.2) is 23.3 Å². The maximum absolute atomic E-state index is 3.44. The van der Waals surface area contributed by atoms with Crippen molar-refractivity contribution in [1.29, 1.82) is 0 Å². The van der Waals surface area contributed by atoms with Crippen LogP contribution in [-0.4, -0.2) is 5.33 Å². The maximum atomic E-state index is 3.44. The summed E-state index contributed by atoms with van der Waals surface area (Å²) in [4.78, 5) is 0. The average molecular weight is 245 g/mol. The fourth-order valence-electron chi connectivity index (χ4n) is 1.14. The van der Waals surface area contributed by atoms with Gasteiger partial charge in [0.25, 0.3) is 0 Å². The molecule has 0 saturated carbocycles. The van der Waals surface area contributed by atoms with Crippen LogP contribution in [0.1, 0.15) is 46.5 Å². The highest BCUT2D eigenvalue weighted by molar-refractivity contribution is 9.09. The molecule has 0 heterocycles. The van der Waals surface area contributed by atoms with Gasteiger partial charge in [-0.1, -0.05) is 39.2 Å².